The molecule has 7 heteroatoms. The maximum Gasteiger partial charge on any atom is 0.270 e. The van der Waals surface area contributed by atoms with Crippen LogP contribution in [0.4, 0.5) is 8.78 Å². The van der Waals surface area contributed by atoms with E-state index >= 15 is 0 Å². The summed E-state index contributed by atoms with van der Waals surface area (Å²) in [4.78, 5) is 33.2. The number of benzene rings is 2. The van der Waals surface area contributed by atoms with Gasteiger partial charge in [0.05, 0.1) is 11.4 Å². The number of para-hydroxylation sites is 1. The molecule has 5 nitrogen and oxygen atoms in total. The van der Waals surface area contributed by atoms with E-state index in [0.717, 1.165) is 29.5 Å². The number of fused-ring (bicyclic) bond motifs is 4. The van der Waals surface area contributed by atoms with Crippen molar-refractivity contribution in [1.82, 2.24) is 14.9 Å². The number of rotatable bonds is 2. The molecule has 0 unspecified atom stereocenters. The average molecular weight is 407 g/mol. The third kappa shape index (κ3) is 2.81. The standard InChI is InChI=1S/C23H19F2N3O2/c1-28(23(30)19-9-12-5-2-3-6-17(12)26-19)20-8-4-7-18-21(20)13-10-15(24)16(25)11-14(13)22(29)27-18/h2-3,5-6,9-11,20,26H,4,7-8H2,1H3,(H,27,29)/t20-/m1/s1. The van der Waals surface area contributed by atoms with Gasteiger partial charge < -0.3 is 14.9 Å². The number of hydrogen-bond donors (Lipinski definition) is 2. The Morgan fingerprint density at radius 1 is 1.07 bits per heavy atom. The van der Waals surface area contributed by atoms with Crippen LogP contribution in [0.25, 0.3) is 21.7 Å². The predicted octanol–water partition coefficient (Wildman–Crippen LogP) is 4.44. The van der Waals surface area contributed by atoms with Crippen molar-refractivity contribution in [2.75, 3.05) is 7.05 Å². The number of aromatic nitrogens is 2. The van der Waals surface area contributed by atoms with E-state index in [-0.39, 0.29) is 17.3 Å². The van der Waals surface area contributed by atoms with Gasteiger partial charge in [0, 0.05) is 29.2 Å². The van der Waals surface area contributed by atoms with Gasteiger partial charge in [-0.3, -0.25) is 9.59 Å². The minimum Gasteiger partial charge on any atom is -0.351 e. The Bertz CT molecular complexity index is 1340. The molecule has 2 aromatic heterocycles. The lowest BCUT2D eigenvalue weighted by Gasteiger charge is -2.33. The Morgan fingerprint density at radius 2 is 1.80 bits per heavy atom. The Hall–Kier alpha value is -3.48. The summed E-state index contributed by atoms with van der Waals surface area (Å²) < 4.78 is 27.8. The zero-order valence-corrected chi connectivity index (χ0v) is 16.3. The van der Waals surface area contributed by atoms with Crippen molar-refractivity contribution in [1.29, 1.82) is 0 Å². The molecule has 1 aliphatic rings. The first-order chi connectivity index (χ1) is 14.4. The molecule has 1 amide bonds. The molecule has 4 aromatic rings. The first-order valence-electron chi connectivity index (χ1n) is 9.83. The molecule has 0 fully saturated rings. The Kier molecular flexibility index (Phi) is 4.20. The topological polar surface area (TPSA) is 69.0 Å². The Balaban J connectivity index is 1.63. The fraction of sp³-hybridized carbons (Fsp3) is 0.217. The largest absolute Gasteiger partial charge is 0.351 e. The van der Waals surface area contributed by atoms with Crippen LogP contribution in [0.15, 0.2) is 47.3 Å². The van der Waals surface area contributed by atoms with Gasteiger partial charge in [0.2, 0.25) is 0 Å². The van der Waals surface area contributed by atoms with E-state index in [1.807, 2.05) is 24.3 Å². The molecular weight excluding hydrogens is 388 g/mol. The van der Waals surface area contributed by atoms with E-state index in [1.54, 1.807) is 18.0 Å². The van der Waals surface area contributed by atoms with Gasteiger partial charge in [-0.05, 0) is 48.9 Å². The van der Waals surface area contributed by atoms with Crippen molar-refractivity contribution >= 4 is 27.6 Å². The van der Waals surface area contributed by atoms with Crippen LogP contribution < -0.4 is 5.56 Å². The van der Waals surface area contributed by atoms with Crippen LogP contribution in [0.1, 0.15) is 40.6 Å². The van der Waals surface area contributed by atoms with Gasteiger partial charge in [0.25, 0.3) is 11.5 Å². The lowest BCUT2D eigenvalue weighted by Crippen LogP contribution is -2.34. The zero-order chi connectivity index (χ0) is 21.0. The number of aromatic amines is 2. The van der Waals surface area contributed by atoms with Crippen LogP contribution in [-0.4, -0.2) is 27.8 Å². The van der Waals surface area contributed by atoms with Crippen LogP contribution in [0.5, 0.6) is 0 Å². The molecule has 2 heterocycles. The number of H-pyrrole nitrogens is 2. The molecule has 0 aliphatic heterocycles. The smallest absolute Gasteiger partial charge is 0.270 e. The van der Waals surface area contributed by atoms with Crippen LogP contribution in [0.2, 0.25) is 0 Å². The van der Waals surface area contributed by atoms with Crippen LogP contribution >= 0.6 is 0 Å². The second-order valence-electron chi connectivity index (χ2n) is 7.75. The quantitative estimate of drug-likeness (QED) is 0.516. The van der Waals surface area contributed by atoms with Crippen molar-refractivity contribution in [3.63, 3.8) is 0 Å². The predicted molar refractivity (Wildman–Crippen MR) is 111 cm³/mol. The number of aryl methyl sites for hydroxylation is 1. The minimum atomic E-state index is -1.07. The van der Waals surface area contributed by atoms with Gasteiger partial charge in [-0.25, -0.2) is 8.78 Å². The fourth-order valence-electron chi connectivity index (χ4n) is 4.49. The summed E-state index contributed by atoms with van der Waals surface area (Å²) in [6.07, 6.45) is 2.05. The van der Waals surface area contributed by atoms with E-state index in [9.17, 15) is 18.4 Å². The van der Waals surface area contributed by atoms with Gasteiger partial charge in [-0.1, -0.05) is 18.2 Å². The number of nitrogens with one attached hydrogen (secondary N) is 2. The van der Waals surface area contributed by atoms with Crippen LogP contribution in [0, 0.1) is 11.6 Å². The average Bonchev–Trinajstić information content (AvgIpc) is 3.18. The molecule has 0 radical (unpaired) electrons. The highest BCUT2D eigenvalue weighted by Gasteiger charge is 2.31. The molecule has 0 spiro atoms. The van der Waals surface area contributed by atoms with E-state index in [1.165, 1.54) is 0 Å². The van der Waals surface area contributed by atoms with Gasteiger partial charge in [0.1, 0.15) is 5.69 Å². The molecule has 0 bridgehead atoms. The van der Waals surface area contributed by atoms with Gasteiger partial charge >= 0.3 is 0 Å². The second kappa shape index (κ2) is 6.79. The molecule has 1 aliphatic carbocycles. The molecule has 1 atom stereocenters. The highest BCUT2D eigenvalue weighted by molar-refractivity contribution is 5.98. The number of pyridine rings is 1. The first-order valence-corrected chi connectivity index (χ1v) is 9.83. The summed E-state index contributed by atoms with van der Waals surface area (Å²) in [5.41, 5.74) is 2.23. The Labute approximate surface area is 170 Å². The second-order valence-corrected chi connectivity index (χ2v) is 7.75. The van der Waals surface area contributed by atoms with E-state index in [0.29, 0.717) is 35.2 Å². The van der Waals surface area contributed by atoms with Gasteiger partial charge in [0.15, 0.2) is 11.6 Å². The summed E-state index contributed by atoms with van der Waals surface area (Å²) >= 11 is 0. The van der Waals surface area contributed by atoms with Crippen LogP contribution in [0.3, 0.4) is 0 Å². The molecule has 30 heavy (non-hydrogen) atoms. The van der Waals surface area contributed by atoms with Crippen molar-refractivity contribution in [3.05, 3.63) is 81.4 Å². The molecule has 0 saturated heterocycles. The maximum atomic E-state index is 14.0. The number of carbonyl (C=O) groups is 1. The van der Waals surface area contributed by atoms with E-state index < -0.39 is 17.2 Å². The fourth-order valence-corrected chi connectivity index (χ4v) is 4.49. The number of hydrogen-bond acceptors (Lipinski definition) is 2. The highest BCUT2D eigenvalue weighted by atomic mass is 19.2. The van der Waals surface area contributed by atoms with E-state index in [2.05, 4.69) is 9.97 Å². The van der Waals surface area contributed by atoms with Crippen molar-refractivity contribution < 1.29 is 13.6 Å². The number of carbonyl (C=O) groups excluding carboxylic acids is 1. The number of nitrogens with zero attached hydrogens (tertiary/aromatic N) is 1. The monoisotopic (exact) mass is 407 g/mol. The number of halogens is 2. The van der Waals surface area contributed by atoms with Crippen molar-refractivity contribution in [2.24, 2.45) is 0 Å². The summed E-state index contributed by atoms with van der Waals surface area (Å²) in [5.74, 6) is -2.28. The van der Waals surface area contributed by atoms with E-state index in [4.69, 9.17) is 0 Å². The summed E-state index contributed by atoms with van der Waals surface area (Å²) in [6, 6.07) is 11.1. The van der Waals surface area contributed by atoms with Crippen molar-refractivity contribution in [3.8, 4) is 0 Å². The molecule has 2 N–H and O–H groups in total. The molecule has 152 valence electrons. The lowest BCUT2D eigenvalue weighted by molar-refractivity contribution is 0.0711. The van der Waals surface area contributed by atoms with Gasteiger partial charge in [-0.2, -0.15) is 0 Å². The normalized spacial score (nSPS) is 16.0. The minimum absolute atomic E-state index is 0.0889. The molecule has 5 rings (SSSR count). The lowest BCUT2D eigenvalue weighted by atomic mass is 9.86. The first kappa shape index (κ1) is 18.5. The summed E-state index contributed by atoms with van der Waals surface area (Å²) in [5, 5.41) is 1.38. The van der Waals surface area contributed by atoms with Crippen molar-refractivity contribution in [2.45, 2.75) is 25.3 Å². The summed E-state index contributed by atoms with van der Waals surface area (Å²) in [6.45, 7) is 0. The SMILES string of the molecule is CN(C(=O)c1cc2ccccc2[nH]1)[C@@H]1CCCc2[nH]c(=O)c3cc(F)c(F)cc3c21. The van der Waals surface area contributed by atoms with Gasteiger partial charge in [-0.15, -0.1) is 0 Å². The maximum absolute atomic E-state index is 14.0. The molecule has 2 aromatic carbocycles. The highest BCUT2D eigenvalue weighted by Crippen LogP contribution is 2.37. The third-order valence-corrected chi connectivity index (χ3v) is 5.97. The molecule has 0 saturated carbocycles. The third-order valence-electron chi connectivity index (χ3n) is 5.97. The molecular formula is C23H19F2N3O2. The summed E-state index contributed by atoms with van der Waals surface area (Å²) in [7, 11) is 1.70. The van der Waals surface area contributed by atoms with Crippen LogP contribution in [-0.2, 0) is 6.42 Å². The number of amides is 1. The Morgan fingerprint density at radius 3 is 2.57 bits per heavy atom. The zero-order valence-electron chi connectivity index (χ0n) is 16.3.